The number of hydrogen-bond acceptors (Lipinski definition) is 5. The second-order valence-corrected chi connectivity index (χ2v) is 7.93. The predicted molar refractivity (Wildman–Crippen MR) is 112 cm³/mol. The van der Waals surface area contributed by atoms with Gasteiger partial charge in [0.25, 0.3) is 5.91 Å². The first kappa shape index (κ1) is 20.3. The number of Topliss-reactive ketones (excluding diaryl/α,β-unsaturated/α-hetero) is 1. The molecule has 1 saturated heterocycles. The van der Waals surface area contributed by atoms with Crippen LogP contribution in [0.25, 0.3) is 0 Å². The normalized spacial score (nSPS) is 17.3. The van der Waals surface area contributed by atoms with E-state index in [2.05, 4.69) is 0 Å². The third-order valence-corrected chi connectivity index (χ3v) is 5.77. The molecule has 2 aliphatic rings. The highest BCUT2D eigenvalue weighted by Crippen LogP contribution is 2.39. The zero-order valence-electron chi connectivity index (χ0n) is 17.5. The van der Waals surface area contributed by atoms with Gasteiger partial charge in [-0.25, -0.2) is 0 Å². The zero-order valence-corrected chi connectivity index (χ0v) is 17.5. The van der Waals surface area contributed by atoms with E-state index in [9.17, 15) is 9.59 Å². The van der Waals surface area contributed by atoms with Gasteiger partial charge >= 0.3 is 0 Å². The molecule has 0 radical (unpaired) electrons. The van der Waals surface area contributed by atoms with Crippen molar-refractivity contribution in [1.82, 2.24) is 4.90 Å². The van der Waals surface area contributed by atoms with Crippen LogP contribution in [0.3, 0.4) is 0 Å². The highest BCUT2D eigenvalue weighted by atomic mass is 16.5. The van der Waals surface area contributed by atoms with E-state index in [1.165, 1.54) is 0 Å². The molecule has 2 aliphatic heterocycles. The Hall–Kier alpha value is -3.02. The monoisotopic (exact) mass is 409 g/mol. The second-order valence-electron chi connectivity index (χ2n) is 7.93. The number of hydrogen-bond donors (Lipinski definition) is 0. The number of amides is 1. The summed E-state index contributed by atoms with van der Waals surface area (Å²) in [6, 6.07) is 13.1. The third kappa shape index (κ3) is 4.13. The van der Waals surface area contributed by atoms with Gasteiger partial charge in [0, 0.05) is 25.9 Å². The fourth-order valence-corrected chi connectivity index (χ4v) is 4.13. The Balaban J connectivity index is 1.35. The van der Waals surface area contributed by atoms with E-state index in [1.54, 1.807) is 11.0 Å². The van der Waals surface area contributed by atoms with E-state index in [0.29, 0.717) is 61.8 Å². The maximum absolute atomic E-state index is 12.7. The molecule has 2 aromatic rings. The molecule has 0 bridgehead atoms. The second kappa shape index (κ2) is 8.38. The molecule has 0 atom stereocenters. The quantitative estimate of drug-likeness (QED) is 0.752. The fraction of sp³-hybridized carbons (Fsp3) is 0.417. The third-order valence-electron chi connectivity index (χ3n) is 5.77. The van der Waals surface area contributed by atoms with Crippen molar-refractivity contribution in [3.63, 3.8) is 0 Å². The molecule has 0 N–H and O–H groups in total. The molecule has 30 heavy (non-hydrogen) atoms. The molecule has 1 amide bonds. The minimum absolute atomic E-state index is 0.0427. The lowest BCUT2D eigenvalue weighted by Crippen LogP contribution is -2.53. The first-order chi connectivity index (χ1) is 14.5. The molecule has 2 aromatic carbocycles. The molecule has 6 heteroatoms. The van der Waals surface area contributed by atoms with Crippen LogP contribution in [0.5, 0.6) is 17.2 Å². The summed E-state index contributed by atoms with van der Waals surface area (Å²) in [6.07, 6.45) is 1.63. The Morgan fingerprint density at radius 2 is 1.80 bits per heavy atom. The lowest BCUT2D eigenvalue weighted by atomic mass is 9.82. The number of piperidine rings is 1. The molecule has 1 spiro atoms. The van der Waals surface area contributed by atoms with Gasteiger partial charge in [0.15, 0.2) is 23.9 Å². The molecular weight excluding hydrogens is 382 g/mol. The van der Waals surface area contributed by atoms with Gasteiger partial charge in [-0.05, 0) is 38.1 Å². The number of ketones is 1. The van der Waals surface area contributed by atoms with Gasteiger partial charge < -0.3 is 19.1 Å². The summed E-state index contributed by atoms with van der Waals surface area (Å²) in [4.78, 5) is 27.1. The number of para-hydroxylation sites is 2. The molecule has 158 valence electrons. The van der Waals surface area contributed by atoms with Crippen molar-refractivity contribution in [2.75, 3.05) is 26.3 Å². The molecule has 1 fully saturated rings. The van der Waals surface area contributed by atoms with Crippen LogP contribution in [0.1, 0.15) is 42.1 Å². The first-order valence-electron chi connectivity index (χ1n) is 10.4. The van der Waals surface area contributed by atoms with Crippen molar-refractivity contribution >= 4 is 11.7 Å². The summed E-state index contributed by atoms with van der Waals surface area (Å²) in [5.74, 6) is 1.90. The average molecular weight is 409 g/mol. The Kier molecular flexibility index (Phi) is 5.66. The first-order valence-corrected chi connectivity index (χ1v) is 10.4. The number of nitrogens with zero attached hydrogens (tertiary/aromatic N) is 1. The molecule has 0 unspecified atom stereocenters. The standard InChI is InChI=1S/C24H27NO5/c1-3-28-21-6-4-5-7-22(21)29-16-23(27)25-12-10-24(11-13-25)15-19(26)18-14-17(2)8-9-20(18)30-24/h4-9,14H,3,10-13,15-16H2,1-2H3. The molecule has 2 heterocycles. The van der Waals surface area contributed by atoms with Crippen molar-refractivity contribution in [2.45, 2.75) is 38.7 Å². The Morgan fingerprint density at radius 1 is 1.10 bits per heavy atom. The topological polar surface area (TPSA) is 65.1 Å². The summed E-state index contributed by atoms with van der Waals surface area (Å²) in [7, 11) is 0. The molecule has 0 aliphatic carbocycles. The number of ether oxygens (including phenoxy) is 3. The lowest BCUT2D eigenvalue weighted by molar-refractivity contribution is -0.136. The maximum Gasteiger partial charge on any atom is 0.260 e. The highest BCUT2D eigenvalue weighted by Gasteiger charge is 2.43. The van der Waals surface area contributed by atoms with Crippen molar-refractivity contribution in [2.24, 2.45) is 0 Å². The van der Waals surface area contributed by atoms with Crippen LogP contribution in [0.15, 0.2) is 42.5 Å². The number of fused-ring (bicyclic) bond motifs is 1. The summed E-state index contributed by atoms with van der Waals surface area (Å²) in [6.45, 7) is 5.45. The van der Waals surface area contributed by atoms with Crippen molar-refractivity contribution in [3.05, 3.63) is 53.6 Å². The zero-order chi connectivity index (χ0) is 21.1. The van der Waals surface area contributed by atoms with Gasteiger partial charge in [-0.15, -0.1) is 0 Å². The summed E-state index contributed by atoms with van der Waals surface area (Å²) >= 11 is 0. The fourth-order valence-electron chi connectivity index (χ4n) is 4.13. The van der Waals surface area contributed by atoms with Crippen LogP contribution in [-0.4, -0.2) is 48.5 Å². The van der Waals surface area contributed by atoms with Crippen LogP contribution in [0.2, 0.25) is 0 Å². The van der Waals surface area contributed by atoms with Gasteiger partial charge in [-0.1, -0.05) is 23.8 Å². The van der Waals surface area contributed by atoms with E-state index in [4.69, 9.17) is 14.2 Å². The van der Waals surface area contributed by atoms with Crippen LogP contribution < -0.4 is 14.2 Å². The van der Waals surface area contributed by atoms with E-state index >= 15 is 0 Å². The summed E-state index contributed by atoms with van der Waals surface area (Å²) in [5, 5.41) is 0. The molecule has 0 saturated carbocycles. The Bertz CT molecular complexity index is 946. The number of aryl methyl sites for hydroxylation is 1. The maximum atomic E-state index is 12.7. The van der Waals surface area contributed by atoms with E-state index in [-0.39, 0.29) is 18.3 Å². The minimum Gasteiger partial charge on any atom is -0.490 e. The average Bonchev–Trinajstić information content (AvgIpc) is 2.74. The predicted octanol–water partition coefficient (Wildman–Crippen LogP) is 3.80. The largest absolute Gasteiger partial charge is 0.490 e. The number of likely N-dealkylation sites (tertiary alicyclic amines) is 1. The summed E-state index contributed by atoms with van der Waals surface area (Å²) < 4.78 is 17.5. The number of benzene rings is 2. The summed E-state index contributed by atoms with van der Waals surface area (Å²) in [5.41, 5.74) is 1.20. The smallest absolute Gasteiger partial charge is 0.260 e. The number of carbonyl (C=O) groups is 2. The van der Waals surface area contributed by atoms with Crippen molar-refractivity contribution in [1.29, 1.82) is 0 Å². The van der Waals surface area contributed by atoms with Gasteiger partial charge in [-0.2, -0.15) is 0 Å². The van der Waals surface area contributed by atoms with Crippen LogP contribution >= 0.6 is 0 Å². The van der Waals surface area contributed by atoms with Crippen LogP contribution in [0, 0.1) is 6.92 Å². The minimum atomic E-state index is -0.515. The van der Waals surface area contributed by atoms with E-state index in [1.807, 2.05) is 50.2 Å². The van der Waals surface area contributed by atoms with Gasteiger partial charge in [0.2, 0.25) is 0 Å². The van der Waals surface area contributed by atoms with Crippen molar-refractivity contribution < 1.29 is 23.8 Å². The van der Waals surface area contributed by atoms with Gasteiger partial charge in [0.05, 0.1) is 18.6 Å². The molecule has 4 rings (SSSR count). The molecule has 0 aromatic heterocycles. The van der Waals surface area contributed by atoms with Gasteiger partial charge in [-0.3, -0.25) is 9.59 Å². The van der Waals surface area contributed by atoms with Gasteiger partial charge in [0.1, 0.15) is 11.4 Å². The Labute approximate surface area is 176 Å². The molecule has 6 nitrogen and oxygen atoms in total. The van der Waals surface area contributed by atoms with Crippen LogP contribution in [-0.2, 0) is 4.79 Å². The highest BCUT2D eigenvalue weighted by molar-refractivity contribution is 6.00. The number of carbonyl (C=O) groups excluding carboxylic acids is 2. The van der Waals surface area contributed by atoms with Crippen molar-refractivity contribution in [3.8, 4) is 17.2 Å². The SMILES string of the molecule is CCOc1ccccc1OCC(=O)N1CCC2(CC1)CC(=O)c1cc(C)ccc1O2. The van der Waals surface area contributed by atoms with Crippen LogP contribution in [0.4, 0.5) is 0 Å². The molecular formula is C24H27NO5. The van der Waals surface area contributed by atoms with E-state index < -0.39 is 5.60 Å². The number of rotatable bonds is 5. The lowest BCUT2D eigenvalue weighted by Gasteiger charge is -2.44. The van der Waals surface area contributed by atoms with E-state index in [0.717, 1.165) is 5.56 Å². The Morgan fingerprint density at radius 3 is 2.50 bits per heavy atom.